The summed E-state index contributed by atoms with van der Waals surface area (Å²) in [6.45, 7) is 1.81. The van der Waals surface area contributed by atoms with Crippen LogP contribution in [0.1, 0.15) is 48.2 Å². The molecule has 4 unspecified atom stereocenters. The predicted molar refractivity (Wildman–Crippen MR) is 154 cm³/mol. The minimum absolute atomic E-state index is 0.00813. The smallest absolute Gasteiger partial charge is 0.320 e. The third kappa shape index (κ3) is 4.39. The zero-order chi connectivity index (χ0) is 26.7. The number of aromatic nitrogens is 2. The van der Waals surface area contributed by atoms with Gasteiger partial charge in [0, 0.05) is 70.4 Å². The maximum atomic E-state index is 13.5. The minimum Gasteiger partial charge on any atom is -0.460 e. The maximum absolute atomic E-state index is 13.5. The Morgan fingerprint density at radius 1 is 1.10 bits per heavy atom. The first-order chi connectivity index (χ1) is 19.0. The van der Waals surface area contributed by atoms with Crippen LogP contribution in [0.2, 0.25) is 0 Å². The van der Waals surface area contributed by atoms with E-state index in [1.54, 1.807) is 12.0 Å². The molecule has 1 aliphatic carbocycles. The number of fused-ring (bicyclic) bond motifs is 5. The molecule has 4 bridgehead atoms. The normalized spacial score (nSPS) is 29.4. The van der Waals surface area contributed by atoms with Gasteiger partial charge in [0.1, 0.15) is 21.6 Å². The molecule has 4 fully saturated rings. The summed E-state index contributed by atoms with van der Waals surface area (Å²) in [7, 11) is 5.43. The summed E-state index contributed by atoms with van der Waals surface area (Å²) in [5.74, 6) is 2.01. The zero-order valence-corrected chi connectivity index (χ0v) is 23.7. The number of benzene rings is 1. The van der Waals surface area contributed by atoms with Gasteiger partial charge in [0.15, 0.2) is 0 Å². The second-order valence-electron chi connectivity index (χ2n) is 12.0. The Morgan fingerprint density at radius 3 is 2.51 bits per heavy atom. The molecule has 1 aromatic carbocycles. The molecule has 9 heteroatoms. The van der Waals surface area contributed by atoms with Crippen LogP contribution in [0.4, 0.5) is 5.82 Å². The van der Waals surface area contributed by atoms with Gasteiger partial charge in [-0.3, -0.25) is 4.79 Å². The fourth-order valence-corrected chi connectivity index (χ4v) is 8.71. The third-order valence-electron chi connectivity index (χ3n) is 9.21. The quantitative estimate of drug-likeness (QED) is 0.464. The van der Waals surface area contributed by atoms with Crippen molar-refractivity contribution in [2.24, 2.45) is 11.8 Å². The lowest BCUT2D eigenvalue weighted by Crippen LogP contribution is -2.44. The standard InChI is InChI=1S/C30H37N5O3S/c1-34(2)29(36)26-24(18-7-5-4-6-8-18)25-27(35-21-9-10-22(35)12-17(11-21)16-37-3)32-30(33-28(25)39-26)38-23-14-20-13-19(23)15-31-20/h4-8,17,19-23,31H,9-16H2,1-3H3/t17?,19?,20?,21-,22+,23?. The van der Waals surface area contributed by atoms with Crippen LogP contribution >= 0.6 is 11.3 Å². The highest BCUT2D eigenvalue weighted by atomic mass is 32.1. The van der Waals surface area contributed by atoms with Crippen molar-refractivity contribution in [3.05, 3.63) is 35.2 Å². The number of nitrogens with zero attached hydrogens (tertiary/aromatic N) is 4. The lowest BCUT2D eigenvalue weighted by atomic mass is 9.91. The Morgan fingerprint density at radius 2 is 1.87 bits per heavy atom. The molecule has 8 nitrogen and oxygen atoms in total. The Kier molecular flexibility index (Phi) is 6.48. The summed E-state index contributed by atoms with van der Waals surface area (Å²) < 4.78 is 12.1. The van der Waals surface area contributed by atoms with E-state index in [9.17, 15) is 4.79 Å². The largest absolute Gasteiger partial charge is 0.460 e. The SMILES string of the molecule is COCC1C[C@H]2CC[C@@H](C1)N2c1nc(OC2CC3CC2CN3)nc2sc(C(=O)N(C)C)c(-c3ccccc3)c12. The summed E-state index contributed by atoms with van der Waals surface area (Å²) in [5, 5.41) is 4.56. The lowest BCUT2D eigenvalue weighted by Gasteiger charge is -2.40. The molecule has 1 saturated carbocycles. The number of ether oxygens (including phenoxy) is 2. The number of hydrogen-bond acceptors (Lipinski definition) is 8. The second-order valence-corrected chi connectivity index (χ2v) is 13.0. The molecule has 3 aliphatic heterocycles. The highest BCUT2D eigenvalue weighted by molar-refractivity contribution is 7.21. The number of anilines is 1. The molecule has 206 valence electrons. The van der Waals surface area contributed by atoms with E-state index < -0.39 is 0 Å². The van der Waals surface area contributed by atoms with Gasteiger partial charge in [-0.1, -0.05) is 30.3 Å². The van der Waals surface area contributed by atoms with Gasteiger partial charge in [-0.2, -0.15) is 9.97 Å². The van der Waals surface area contributed by atoms with Crippen molar-refractivity contribution in [1.82, 2.24) is 20.2 Å². The van der Waals surface area contributed by atoms with Crippen LogP contribution in [0.15, 0.2) is 30.3 Å². The van der Waals surface area contributed by atoms with E-state index >= 15 is 0 Å². The van der Waals surface area contributed by atoms with Crippen molar-refractivity contribution in [1.29, 1.82) is 0 Å². The first-order valence-electron chi connectivity index (χ1n) is 14.3. The van der Waals surface area contributed by atoms with Crippen LogP contribution in [0.3, 0.4) is 0 Å². The van der Waals surface area contributed by atoms with E-state index in [0.717, 1.165) is 78.8 Å². The number of piperidine rings is 2. The highest BCUT2D eigenvalue weighted by Crippen LogP contribution is 2.49. The van der Waals surface area contributed by atoms with E-state index in [1.165, 1.54) is 11.3 Å². The van der Waals surface area contributed by atoms with Crippen LogP contribution in [0.25, 0.3) is 21.3 Å². The van der Waals surface area contributed by atoms with Crippen molar-refractivity contribution in [2.45, 2.75) is 62.8 Å². The molecule has 2 aromatic heterocycles. The molecule has 1 amide bonds. The van der Waals surface area contributed by atoms with Gasteiger partial charge in [-0.05, 0) is 43.6 Å². The molecule has 7 rings (SSSR count). The molecule has 0 radical (unpaired) electrons. The van der Waals surface area contributed by atoms with Gasteiger partial charge in [0.25, 0.3) is 5.91 Å². The van der Waals surface area contributed by atoms with Gasteiger partial charge < -0.3 is 24.6 Å². The van der Waals surface area contributed by atoms with E-state index in [2.05, 4.69) is 22.3 Å². The van der Waals surface area contributed by atoms with E-state index in [1.807, 2.05) is 32.3 Å². The monoisotopic (exact) mass is 547 g/mol. The van der Waals surface area contributed by atoms with Crippen LogP contribution in [-0.4, -0.2) is 79.4 Å². The average molecular weight is 548 g/mol. The molecular formula is C30H37N5O3S. The Labute approximate surface area is 233 Å². The molecule has 4 aliphatic rings. The Hall–Kier alpha value is -2.75. The maximum Gasteiger partial charge on any atom is 0.320 e. The summed E-state index contributed by atoms with van der Waals surface area (Å²) in [4.78, 5) is 29.5. The number of carbonyl (C=O) groups is 1. The number of carbonyl (C=O) groups excluding carboxylic acids is 1. The summed E-state index contributed by atoms with van der Waals surface area (Å²) >= 11 is 1.47. The fraction of sp³-hybridized carbons (Fsp3) is 0.567. The molecule has 1 N–H and O–H groups in total. The minimum atomic E-state index is -0.00813. The summed E-state index contributed by atoms with van der Waals surface area (Å²) in [5.41, 5.74) is 1.96. The number of rotatable bonds is 7. The zero-order valence-electron chi connectivity index (χ0n) is 22.9. The summed E-state index contributed by atoms with van der Waals surface area (Å²) in [6, 6.07) is 12.0. The van der Waals surface area contributed by atoms with Gasteiger partial charge in [-0.15, -0.1) is 11.3 Å². The first kappa shape index (κ1) is 25.2. The molecule has 5 heterocycles. The molecular weight excluding hydrogens is 510 g/mol. The molecule has 3 saturated heterocycles. The number of nitrogens with one attached hydrogen (secondary N) is 1. The first-order valence-corrected chi connectivity index (χ1v) is 15.1. The van der Waals surface area contributed by atoms with Crippen LogP contribution in [0, 0.1) is 11.8 Å². The number of thiophene rings is 1. The molecule has 3 aromatic rings. The fourth-order valence-electron chi connectivity index (χ4n) is 7.51. The average Bonchev–Trinajstić information content (AvgIpc) is 3.70. The van der Waals surface area contributed by atoms with E-state index in [0.29, 0.717) is 40.8 Å². The van der Waals surface area contributed by atoms with Crippen LogP contribution < -0.4 is 15.0 Å². The van der Waals surface area contributed by atoms with E-state index in [4.69, 9.17) is 19.4 Å². The molecule has 39 heavy (non-hydrogen) atoms. The van der Waals surface area contributed by atoms with Crippen molar-refractivity contribution >= 4 is 33.3 Å². The Balaban J connectivity index is 1.39. The number of hydrogen-bond donors (Lipinski definition) is 1. The van der Waals surface area contributed by atoms with Gasteiger partial charge in [0.05, 0.1) is 5.39 Å². The van der Waals surface area contributed by atoms with Crippen molar-refractivity contribution in [3.8, 4) is 17.1 Å². The van der Waals surface area contributed by atoms with E-state index in [-0.39, 0.29) is 12.0 Å². The lowest BCUT2D eigenvalue weighted by molar-refractivity contribution is 0.0833. The van der Waals surface area contributed by atoms with Gasteiger partial charge in [0.2, 0.25) is 0 Å². The predicted octanol–water partition coefficient (Wildman–Crippen LogP) is 4.58. The second kappa shape index (κ2) is 10.0. The topological polar surface area (TPSA) is 79.8 Å². The van der Waals surface area contributed by atoms with Crippen LogP contribution in [0.5, 0.6) is 6.01 Å². The number of amides is 1. The van der Waals surface area contributed by atoms with Crippen molar-refractivity contribution < 1.29 is 14.3 Å². The van der Waals surface area contributed by atoms with Gasteiger partial charge in [-0.25, -0.2) is 0 Å². The molecule has 0 spiro atoms. The van der Waals surface area contributed by atoms with Crippen molar-refractivity contribution in [2.75, 3.05) is 39.3 Å². The van der Waals surface area contributed by atoms with Gasteiger partial charge >= 0.3 is 6.01 Å². The van der Waals surface area contributed by atoms with Crippen molar-refractivity contribution in [3.63, 3.8) is 0 Å². The summed E-state index contributed by atoms with van der Waals surface area (Å²) in [6.07, 6.45) is 6.80. The third-order valence-corrected chi connectivity index (χ3v) is 10.3. The Bertz CT molecular complexity index is 1360. The highest BCUT2D eigenvalue weighted by Gasteiger charge is 2.44. The molecule has 6 atom stereocenters. The number of methoxy groups -OCH3 is 1. The van der Waals surface area contributed by atoms with Crippen LogP contribution in [-0.2, 0) is 4.74 Å².